The molecule has 0 fully saturated rings. The third kappa shape index (κ3) is 4.13. The zero-order valence-electron chi connectivity index (χ0n) is 9.21. The van der Waals surface area contributed by atoms with Crippen molar-refractivity contribution in [1.29, 1.82) is 0 Å². The number of benzene rings is 1. The van der Waals surface area contributed by atoms with Crippen molar-refractivity contribution in [2.75, 3.05) is 19.6 Å². The first kappa shape index (κ1) is 13.0. The predicted molar refractivity (Wildman–Crippen MR) is 70.5 cm³/mol. The highest BCUT2D eigenvalue weighted by molar-refractivity contribution is 9.10. The minimum Gasteiger partial charge on any atom is -0.302 e. The molecule has 0 aliphatic heterocycles. The summed E-state index contributed by atoms with van der Waals surface area (Å²) in [7, 11) is 0. The lowest BCUT2D eigenvalue weighted by Crippen LogP contribution is -2.26. The van der Waals surface area contributed by atoms with Gasteiger partial charge in [-0.1, -0.05) is 41.9 Å². The number of hydrogen-bond donors (Lipinski definition) is 0. The van der Waals surface area contributed by atoms with Gasteiger partial charge in [0, 0.05) is 11.0 Å². The topological polar surface area (TPSA) is 3.24 Å². The lowest BCUT2D eigenvalue weighted by atomic mass is 10.1. The summed E-state index contributed by atoms with van der Waals surface area (Å²) in [5.74, 6) is 0. The molecule has 0 bridgehead atoms. The highest BCUT2D eigenvalue weighted by atomic mass is 79.9. The van der Waals surface area contributed by atoms with Crippen LogP contribution >= 0.6 is 27.5 Å². The minimum absolute atomic E-state index is 0.0815. The third-order valence-corrected chi connectivity index (χ3v) is 3.46. The number of alkyl halides is 1. The smallest absolute Gasteiger partial charge is 0.0712 e. The highest BCUT2D eigenvalue weighted by Crippen LogP contribution is 2.23. The number of halogens is 2. The van der Waals surface area contributed by atoms with Crippen molar-refractivity contribution in [2.45, 2.75) is 19.2 Å². The van der Waals surface area contributed by atoms with Crippen molar-refractivity contribution >= 4 is 27.5 Å². The summed E-state index contributed by atoms with van der Waals surface area (Å²) in [6.07, 6.45) is 0. The largest absolute Gasteiger partial charge is 0.302 e. The molecule has 15 heavy (non-hydrogen) atoms. The van der Waals surface area contributed by atoms with Gasteiger partial charge in [-0.25, -0.2) is 0 Å². The average Bonchev–Trinajstić information content (AvgIpc) is 2.26. The first-order valence-corrected chi connectivity index (χ1v) is 6.52. The van der Waals surface area contributed by atoms with Gasteiger partial charge in [0.2, 0.25) is 0 Å². The van der Waals surface area contributed by atoms with E-state index in [0.29, 0.717) is 0 Å². The van der Waals surface area contributed by atoms with Crippen LogP contribution in [0.2, 0.25) is 0 Å². The normalized spacial score (nSPS) is 13.1. The second kappa shape index (κ2) is 6.51. The molecule has 0 aromatic heterocycles. The van der Waals surface area contributed by atoms with Crippen LogP contribution in [0.25, 0.3) is 0 Å². The Morgan fingerprint density at radius 3 is 2.20 bits per heavy atom. The van der Waals surface area contributed by atoms with Crippen molar-refractivity contribution in [3.63, 3.8) is 0 Å². The van der Waals surface area contributed by atoms with Gasteiger partial charge in [-0.15, -0.1) is 11.6 Å². The fraction of sp³-hybridized carbons (Fsp3) is 0.500. The second-order valence-corrected chi connectivity index (χ2v) is 4.95. The van der Waals surface area contributed by atoms with Crippen LogP contribution in [0.15, 0.2) is 28.7 Å². The van der Waals surface area contributed by atoms with Crippen LogP contribution in [0, 0.1) is 0 Å². The van der Waals surface area contributed by atoms with Crippen LogP contribution in [-0.2, 0) is 0 Å². The number of likely N-dealkylation sites (N-methyl/N-ethyl adjacent to an activating group) is 1. The van der Waals surface area contributed by atoms with Gasteiger partial charge in [0.15, 0.2) is 0 Å². The Labute approximate surface area is 106 Å². The van der Waals surface area contributed by atoms with Gasteiger partial charge < -0.3 is 4.90 Å². The molecule has 0 saturated heterocycles. The molecule has 1 atom stereocenters. The summed E-state index contributed by atoms with van der Waals surface area (Å²) >= 11 is 9.77. The van der Waals surface area contributed by atoms with Crippen molar-refractivity contribution < 1.29 is 0 Å². The molecule has 1 aromatic carbocycles. The van der Waals surface area contributed by atoms with Crippen molar-refractivity contribution in [3.05, 3.63) is 34.3 Å². The van der Waals surface area contributed by atoms with Crippen molar-refractivity contribution in [1.82, 2.24) is 4.90 Å². The Hall–Kier alpha value is -0.0500. The molecule has 0 aliphatic rings. The van der Waals surface area contributed by atoms with Gasteiger partial charge in [-0.3, -0.25) is 0 Å². The maximum atomic E-state index is 6.35. The summed E-state index contributed by atoms with van der Waals surface area (Å²) < 4.78 is 1.10. The molecule has 3 heteroatoms. The number of hydrogen-bond acceptors (Lipinski definition) is 1. The standard InChI is InChI=1S/C12H17BrClN/c1-3-15(4-2)9-12(14)10-5-7-11(13)8-6-10/h5-8,12H,3-4,9H2,1-2H3. The molecule has 1 aromatic rings. The minimum atomic E-state index is 0.0815. The van der Waals surface area contributed by atoms with Crippen LogP contribution in [0.1, 0.15) is 24.8 Å². The molecule has 0 spiro atoms. The lowest BCUT2D eigenvalue weighted by molar-refractivity contribution is 0.304. The Balaban J connectivity index is 2.60. The molecule has 1 rings (SSSR count). The monoisotopic (exact) mass is 289 g/mol. The van der Waals surface area contributed by atoms with Gasteiger partial charge in [0.05, 0.1) is 5.38 Å². The maximum absolute atomic E-state index is 6.35. The summed E-state index contributed by atoms with van der Waals surface area (Å²) in [6, 6.07) is 8.22. The molecule has 1 unspecified atom stereocenters. The third-order valence-electron chi connectivity index (χ3n) is 2.54. The lowest BCUT2D eigenvalue weighted by Gasteiger charge is -2.21. The Morgan fingerprint density at radius 2 is 1.73 bits per heavy atom. The number of nitrogens with zero attached hydrogens (tertiary/aromatic N) is 1. The van der Waals surface area contributed by atoms with E-state index < -0.39 is 0 Å². The van der Waals surface area contributed by atoms with Crippen molar-refractivity contribution in [2.24, 2.45) is 0 Å². The summed E-state index contributed by atoms with van der Waals surface area (Å²) in [4.78, 5) is 2.33. The van der Waals surface area contributed by atoms with Gasteiger partial charge in [0.1, 0.15) is 0 Å². The van der Waals surface area contributed by atoms with Crippen LogP contribution in [0.3, 0.4) is 0 Å². The van der Waals surface area contributed by atoms with E-state index in [1.807, 2.05) is 12.1 Å². The van der Waals surface area contributed by atoms with E-state index in [-0.39, 0.29) is 5.38 Å². The molecule has 0 radical (unpaired) electrons. The van der Waals surface area contributed by atoms with Crippen LogP contribution in [0.4, 0.5) is 0 Å². The molecule has 0 N–H and O–H groups in total. The molecule has 1 nitrogen and oxygen atoms in total. The quantitative estimate of drug-likeness (QED) is 0.739. The van der Waals surface area contributed by atoms with E-state index in [2.05, 4.69) is 46.8 Å². The summed E-state index contributed by atoms with van der Waals surface area (Å²) in [6.45, 7) is 7.34. The van der Waals surface area contributed by atoms with E-state index >= 15 is 0 Å². The number of rotatable bonds is 5. The van der Waals surface area contributed by atoms with Crippen LogP contribution in [-0.4, -0.2) is 24.5 Å². The van der Waals surface area contributed by atoms with Crippen molar-refractivity contribution in [3.8, 4) is 0 Å². The first-order chi connectivity index (χ1) is 7.17. The molecule has 0 aliphatic carbocycles. The van der Waals surface area contributed by atoms with E-state index in [1.54, 1.807) is 0 Å². The van der Waals surface area contributed by atoms with E-state index in [9.17, 15) is 0 Å². The molecule has 0 heterocycles. The molecular formula is C12H17BrClN. The Bertz CT molecular complexity index is 282. The fourth-order valence-corrected chi connectivity index (χ4v) is 2.09. The Morgan fingerprint density at radius 1 is 1.20 bits per heavy atom. The SMILES string of the molecule is CCN(CC)CC(Cl)c1ccc(Br)cc1. The van der Waals surface area contributed by atoms with Gasteiger partial charge in [-0.05, 0) is 30.8 Å². The molecule has 0 saturated carbocycles. The molecule has 84 valence electrons. The van der Waals surface area contributed by atoms with E-state index in [4.69, 9.17) is 11.6 Å². The van der Waals surface area contributed by atoms with Gasteiger partial charge in [-0.2, -0.15) is 0 Å². The maximum Gasteiger partial charge on any atom is 0.0712 e. The zero-order valence-corrected chi connectivity index (χ0v) is 11.6. The second-order valence-electron chi connectivity index (χ2n) is 3.50. The summed E-state index contributed by atoms with van der Waals surface area (Å²) in [5.41, 5.74) is 1.19. The van der Waals surface area contributed by atoms with Crippen LogP contribution in [0.5, 0.6) is 0 Å². The zero-order chi connectivity index (χ0) is 11.3. The fourth-order valence-electron chi connectivity index (χ4n) is 1.49. The van der Waals surface area contributed by atoms with Gasteiger partial charge >= 0.3 is 0 Å². The molecular weight excluding hydrogens is 273 g/mol. The molecule has 0 amide bonds. The Kier molecular flexibility index (Phi) is 5.65. The highest BCUT2D eigenvalue weighted by Gasteiger charge is 2.10. The van der Waals surface area contributed by atoms with Gasteiger partial charge in [0.25, 0.3) is 0 Å². The predicted octanol–water partition coefficient (Wildman–Crippen LogP) is 4.07. The van der Waals surface area contributed by atoms with Crippen LogP contribution < -0.4 is 0 Å². The summed E-state index contributed by atoms with van der Waals surface area (Å²) in [5, 5.41) is 0.0815. The van der Waals surface area contributed by atoms with E-state index in [0.717, 1.165) is 24.1 Å². The first-order valence-electron chi connectivity index (χ1n) is 5.29. The van der Waals surface area contributed by atoms with E-state index in [1.165, 1.54) is 5.56 Å². The average molecular weight is 291 g/mol.